The first-order chi connectivity index (χ1) is 8.74. The molecule has 18 heavy (non-hydrogen) atoms. The molecule has 0 aromatic heterocycles. The number of hydrogen-bond donors (Lipinski definition) is 2. The number of hydrogen-bond acceptors (Lipinski definition) is 4. The topological polar surface area (TPSA) is 50.7 Å². The molecule has 1 aromatic carbocycles. The van der Waals surface area contributed by atoms with Crippen LogP contribution in [0.2, 0.25) is 0 Å². The van der Waals surface area contributed by atoms with Gasteiger partial charge >= 0.3 is 0 Å². The van der Waals surface area contributed by atoms with Crippen LogP contribution in [0.1, 0.15) is 25.3 Å². The largest absolute Gasteiger partial charge is 0.504 e. The Kier molecular flexibility index (Phi) is 4.44. The summed E-state index contributed by atoms with van der Waals surface area (Å²) < 4.78 is 10.6. The molecule has 0 saturated heterocycles. The quantitative estimate of drug-likeness (QED) is 0.812. The van der Waals surface area contributed by atoms with E-state index in [9.17, 15) is 5.11 Å². The number of phenols is 1. The van der Waals surface area contributed by atoms with Gasteiger partial charge in [-0.15, -0.1) is 0 Å². The van der Waals surface area contributed by atoms with Crippen LogP contribution in [0.25, 0.3) is 0 Å². The molecular formula is C14H21NO3. The summed E-state index contributed by atoms with van der Waals surface area (Å²) in [6.45, 7) is 3.47. The van der Waals surface area contributed by atoms with E-state index in [4.69, 9.17) is 9.47 Å². The lowest BCUT2D eigenvalue weighted by molar-refractivity contribution is -0.0102. The Labute approximate surface area is 108 Å². The Morgan fingerprint density at radius 1 is 1.39 bits per heavy atom. The minimum Gasteiger partial charge on any atom is -0.504 e. The molecule has 1 aromatic rings. The Hall–Kier alpha value is -1.26. The molecule has 2 N–H and O–H groups in total. The van der Waals surface area contributed by atoms with Crippen LogP contribution in [0.4, 0.5) is 0 Å². The number of phenolic OH excluding ortho intramolecular Hbond substituents is 1. The molecule has 0 radical (unpaired) electrons. The molecule has 1 aliphatic carbocycles. The van der Waals surface area contributed by atoms with Crippen molar-refractivity contribution < 1.29 is 14.6 Å². The zero-order valence-electron chi connectivity index (χ0n) is 11.0. The van der Waals surface area contributed by atoms with Gasteiger partial charge < -0.3 is 19.9 Å². The van der Waals surface area contributed by atoms with Crippen LogP contribution in [0.15, 0.2) is 18.2 Å². The van der Waals surface area contributed by atoms with Gasteiger partial charge in [-0.25, -0.2) is 0 Å². The van der Waals surface area contributed by atoms with Gasteiger partial charge in [0.25, 0.3) is 0 Å². The molecule has 0 heterocycles. The summed E-state index contributed by atoms with van der Waals surface area (Å²) in [5, 5.41) is 13.4. The average Bonchev–Trinajstić information content (AvgIpc) is 2.33. The molecule has 0 aliphatic heterocycles. The Morgan fingerprint density at radius 3 is 2.83 bits per heavy atom. The van der Waals surface area contributed by atoms with Gasteiger partial charge in [0.15, 0.2) is 11.5 Å². The molecule has 4 heteroatoms. The predicted molar refractivity (Wildman–Crippen MR) is 69.9 cm³/mol. The molecule has 0 atom stereocenters. The number of nitrogens with one attached hydrogen (secondary N) is 1. The molecule has 2 rings (SSSR count). The number of para-hydroxylation sites is 1. The van der Waals surface area contributed by atoms with Crippen molar-refractivity contribution in [3.05, 3.63) is 23.8 Å². The van der Waals surface area contributed by atoms with Gasteiger partial charge in [0, 0.05) is 24.8 Å². The maximum atomic E-state index is 9.94. The van der Waals surface area contributed by atoms with Crippen LogP contribution in [0.5, 0.6) is 11.5 Å². The van der Waals surface area contributed by atoms with Crippen molar-refractivity contribution in [2.45, 2.75) is 38.5 Å². The SMILES string of the molecule is CCOC1CC(NCc2cccc(OC)c2O)C1. The first-order valence-electron chi connectivity index (χ1n) is 6.44. The van der Waals surface area contributed by atoms with Gasteiger partial charge in [-0.1, -0.05) is 12.1 Å². The van der Waals surface area contributed by atoms with E-state index in [1.54, 1.807) is 13.2 Å². The minimum absolute atomic E-state index is 0.230. The van der Waals surface area contributed by atoms with Crippen molar-refractivity contribution >= 4 is 0 Å². The van der Waals surface area contributed by atoms with Crippen LogP contribution in [0.3, 0.4) is 0 Å². The van der Waals surface area contributed by atoms with Crippen LogP contribution < -0.4 is 10.1 Å². The highest BCUT2D eigenvalue weighted by atomic mass is 16.5. The zero-order valence-corrected chi connectivity index (χ0v) is 11.0. The molecule has 0 spiro atoms. The fraction of sp³-hybridized carbons (Fsp3) is 0.571. The first-order valence-corrected chi connectivity index (χ1v) is 6.44. The van der Waals surface area contributed by atoms with Gasteiger partial charge in [-0.3, -0.25) is 0 Å². The van der Waals surface area contributed by atoms with E-state index in [0.29, 0.717) is 24.4 Å². The Morgan fingerprint density at radius 2 is 2.17 bits per heavy atom. The second kappa shape index (κ2) is 6.07. The Balaban J connectivity index is 1.81. The summed E-state index contributed by atoms with van der Waals surface area (Å²) in [5.74, 6) is 0.753. The van der Waals surface area contributed by atoms with Crippen molar-refractivity contribution in [3.63, 3.8) is 0 Å². The number of methoxy groups -OCH3 is 1. The fourth-order valence-electron chi connectivity index (χ4n) is 2.23. The van der Waals surface area contributed by atoms with E-state index in [1.807, 2.05) is 19.1 Å². The fourth-order valence-corrected chi connectivity index (χ4v) is 2.23. The van der Waals surface area contributed by atoms with E-state index < -0.39 is 0 Å². The van der Waals surface area contributed by atoms with Crippen LogP contribution in [-0.4, -0.2) is 31.0 Å². The average molecular weight is 251 g/mol. The summed E-state index contributed by atoms with van der Waals surface area (Å²) in [7, 11) is 1.56. The first kappa shape index (κ1) is 13.2. The van der Waals surface area contributed by atoms with E-state index in [-0.39, 0.29) is 5.75 Å². The molecular weight excluding hydrogens is 230 g/mol. The molecule has 1 saturated carbocycles. The second-order valence-corrected chi connectivity index (χ2v) is 4.59. The molecule has 0 amide bonds. The normalized spacial score (nSPS) is 22.6. The summed E-state index contributed by atoms with van der Waals surface area (Å²) in [5.41, 5.74) is 0.870. The lowest BCUT2D eigenvalue weighted by Crippen LogP contribution is -2.45. The standard InChI is InChI=1S/C14H21NO3/c1-3-18-12-7-11(8-12)15-9-10-5-4-6-13(17-2)14(10)16/h4-6,11-12,15-16H,3,7-9H2,1-2H3. The van der Waals surface area contributed by atoms with Gasteiger partial charge in [0.1, 0.15) is 0 Å². The summed E-state index contributed by atoms with van der Waals surface area (Å²) in [4.78, 5) is 0. The monoisotopic (exact) mass is 251 g/mol. The number of aromatic hydroxyl groups is 1. The van der Waals surface area contributed by atoms with E-state index in [0.717, 1.165) is 25.0 Å². The van der Waals surface area contributed by atoms with Crippen molar-refractivity contribution in [2.24, 2.45) is 0 Å². The highest BCUT2D eigenvalue weighted by Crippen LogP contribution is 2.30. The van der Waals surface area contributed by atoms with Crippen molar-refractivity contribution in [1.29, 1.82) is 0 Å². The zero-order chi connectivity index (χ0) is 13.0. The van der Waals surface area contributed by atoms with Crippen LogP contribution >= 0.6 is 0 Å². The summed E-state index contributed by atoms with van der Waals surface area (Å²) in [6, 6.07) is 6.04. The third-order valence-electron chi connectivity index (χ3n) is 3.38. The van der Waals surface area contributed by atoms with Crippen molar-refractivity contribution in [2.75, 3.05) is 13.7 Å². The van der Waals surface area contributed by atoms with Gasteiger partial charge in [0.05, 0.1) is 13.2 Å². The summed E-state index contributed by atoms with van der Waals surface area (Å²) >= 11 is 0. The smallest absolute Gasteiger partial charge is 0.162 e. The maximum absolute atomic E-state index is 9.94. The molecule has 0 bridgehead atoms. The molecule has 1 aliphatic rings. The predicted octanol–water partition coefficient (Wildman–Crippen LogP) is 2.06. The van der Waals surface area contributed by atoms with Crippen molar-refractivity contribution in [3.8, 4) is 11.5 Å². The highest BCUT2D eigenvalue weighted by molar-refractivity contribution is 5.45. The molecule has 1 fully saturated rings. The van der Waals surface area contributed by atoms with Crippen LogP contribution in [0, 0.1) is 0 Å². The number of ether oxygens (including phenoxy) is 2. The summed E-state index contributed by atoms with van der Waals surface area (Å²) in [6.07, 6.45) is 2.52. The third kappa shape index (κ3) is 2.94. The second-order valence-electron chi connectivity index (χ2n) is 4.59. The van der Waals surface area contributed by atoms with Gasteiger partial charge in [0.2, 0.25) is 0 Å². The minimum atomic E-state index is 0.230. The lowest BCUT2D eigenvalue weighted by atomic mass is 9.89. The lowest BCUT2D eigenvalue weighted by Gasteiger charge is -2.35. The molecule has 0 unspecified atom stereocenters. The van der Waals surface area contributed by atoms with Crippen molar-refractivity contribution in [1.82, 2.24) is 5.32 Å². The number of rotatable bonds is 6. The molecule has 4 nitrogen and oxygen atoms in total. The van der Waals surface area contributed by atoms with E-state index in [1.165, 1.54) is 0 Å². The maximum Gasteiger partial charge on any atom is 0.162 e. The number of benzene rings is 1. The molecule has 100 valence electrons. The third-order valence-corrected chi connectivity index (χ3v) is 3.38. The van der Waals surface area contributed by atoms with Gasteiger partial charge in [-0.2, -0.15) is 0 Å². The van der Waals surface area contributed by atoms with E-state index >= 15 is 0 Å². The van der Waals surface area contributed by atoms with Gasteiger partial charge in [-0.05, 0) is 25.8 Å². The highest BCUT2D eigenvalue weighted by Gasteiger charge is 2.29. The van der Waals surface area contributed by atoms with Crippen LogP contribution in [-0.2, 0) is 11.3 Å². The van der Waals surface area contributed by atoms with E-state index in [2.05, 4.69) is 5.32 Å². The Bertz CT molecular complexity index is 389.